The molecule has 5 nitrogen and oxygen atoms in total. The van der Waals surface area contributed by atoms with Crippen LogP contribution in [0.3, 0.4) is 0 Å². The number of hydrogen-bond acceptors (Lipinski definition) is 5. The van der Waals surface area contributed by atoms with E-state index in [1.807, 2.05) is 22.6 Å². The Morgan fingerprint density at radius 2 is 2.00 bits per heavy atom. The Morgan fingerprint density at radius 1 is 1.38 bits per heavy atom. The number of halogens is 1. The number of rotatable bonds is 5. The summed E-state index contributed by atoms with van der Waals surface area (Å²) >= 11 is 1.94. The van der Waals surface area contributed by atoms with Gasteiger partial charge in [-0.15, -0.1) is 0 Å². The van der Waals surface area contributed by atoms with Gasteiger partial charge < -0.3 is 18.9 Å². The molecular weight excluding hydrogens is 291 g/mol. The van der Waals surface area contributed by atoms with Crippen LogP contribution in [0.4, 0.5) is 4.79 Å². The molecule has 0 aromatic rings. The molecule has 0 aliphatic rings. The second-order valence-electron chi connectivity index (χ2n) is 2.15. The minimum Gasteiger partial charge on any atom is -0.421 e. The van der Waals surface area contributed by atoms with Gasteiger partial charge in [-0.2, -0.15) is 0 Å². The van der Waals surface area contributed by atoms with Crippen molar-refractivity contribution >= 4 is 28.7 Å². The van der Waals surface area contributed by atoms with Gasteiger partial charge >= 0.3 is 6.16 Å². The predicted molar refractivity (Wildman–Crippen MR) is 53.7 cm³/mol. The van der Waals surface area contributed by atoms with E-state index < -0.39 is 12.4 Å². The van der Waals surface area contributed by atoms with Gasteiger partial charge in [-0.1, -0.05) is 0 Å². The highest BCUT2D eigenvalue weighted by molar-refractivity contribution is 14.1. The van der Waals surface area contributed by atoms with E-state index in [-0.39, 0.29) is 10.7 Å². The van der Waals surface area contributed by atoms with Crippen molar-refractivity contribution in [1.82, 2.24) is 0 Å². The molecule has 78 valence electrons. The molecule has 0 aromatic carbocycles. The first-order valence-electron chi connectivity index (χ1n) is 3.63. The summed E-state index contributed by atoms with van der Waals surface area (Å²) in [5, 5.41) is 0. The van der Waals surface area contributed by atoms with Gasteiger partial charge in [0, 0.05) is 14.2 Å². The summed E-state index contributed by atoms with van der Waals surface area (Å²) in [6.45, 7) is 1.90. The van der Waals surface area contributed by atoms with Crippen molar-refractivity contribution in [2.24, 2.45) is 0 Å². The van der Waals surface area contributed by atoms with E-state index in [0.717, 1.165) is 0 Å². The zero-order valence-corrected chi connectivity index (χ0v) is 9.94. The van der Waals surface area contributed by atoms with Gasteiger partial charge in [-0.25, -0.2) is 4.79 Å². The lowest BCUT2D eigenvalue weighted by Crippen LogP contribution is -2.26. The highest BCUT2D eigenvalue weighted by atomic mass is 127. The standard InChI is InChI=1S/C7H13IO5/c1-5(8)12-7(9)13-6(11-3)4-10-2/h5-6H,4H2,1-3H3. The molecule has 2 unspecified atom stereocenters. The molecule has 2 atom stereocenters. The van der Waals surface area contributed by atoms with E-state index >= 15 is 0 Å². The normalized spacial score (nSPS) is 14.8. The lowest BCUT2D eigenvalue weighted by Gasteiger charge is -2.15. The van der Waals surface area contributed by atoms with Crippen molar-refractivity contribution < 1.29 is 23.7 Å². The van der Waals surface area contributed by atoms with Crippen LogP contribution in [0.25, 0.3) is 0 Å². The van der Waals surface area contributed by atoms with Crippen molar-refractivity contribution in [3.63, 3.8) is 0 Å². The molecule has 0 rings (SSSR count). The number of ether oxygens (including phenoxy) is 4. The van der Waals surface area contributed by atoms with Crippen molar-refractivity contribution in [2.75, 3.05) is 20.8 Å². The summed E-state index contributed by atoms with van der Waals surface area (Å²) in [6, 6.07) is 0. The maximum atomic E-state index is 10.9. The summed E-state index contributed by atoms with van der Waals surface area (Å²) in [5.74, 6) is 0. The molecule has 0 spiro atoms. The Hall–Kier alpha value is -0.0800. The van der Waals surface area contributed by atoms with Gasteiger partial charge in [0.15, 0.2) is 4.11 Å². The fourth-order valence-electron chi connectivity index (χ4n) is 0.554. The lowest BCUT2D eigenvalue weighted by molar-refractivity contribution is -0.131. The second kappa shape index (κ2) is 7.34. The average molecular weight is 304 g/mol. The predicted octanol–water partition coefficient (Wildman–Crippen LogP) is 1.54. The van der Waals surface area contributed by atoms with Crippen LogP contribution in [0.1, 0.15) is 6.92 Å². The van der Waals surface area contributed by atoms with Crippen LogP contribution in [0, 0.1) is 0 Å². The molecule has 13 heavy (non-hydrogen) atoms. The van der Waals surface area contributed by atoms with Crippen molar-refractivity contribution in [3.05, 3.63) is 0 Å². The molecule has 0 saturated heterocycles. The van der Waals surface area contributed by atoms with Crippen LogP contribution in [0.5, 0.6) is 0 Å². The Morgan fingerprint density at radius 3 is 2.38 bits per heavy atom. The van der Waals surface area contributed by atoms with Crippen molar-refractivity contribution in [3.8, 4) is 0 Å². The monoisotopic (exact) mass is 304 g/mol. The van der Waals surface area contributed by atoms with E-state index in [1.165, 1.54) is 14.2 Å². The van der Waals surface area contributed by atoms with E-state index in [9.17, 15) is 4.79 Å². The fraction of sp³-hybridized carbons (Fsp3) is 0.857. The quantitative estimate of drug-likeness (QED) is 0.334. The van der Waals surface area contributed by atoms with Gasteiger partial charge in [0.2, 0.25) is 6.29 Å². The molecule has 0 aliphatic carbocycles. The van der Waals surface area contributed by atoms with Crippen LogP contribution in [0.15, 0.2) is 0 Å². The smallest absolute Gasteiger partial charge is 0.421 e. The fourth-order valence-corrected chi connectivity index (χ4v) is 0.762. The highest BCUT2D eigenvalue weighted by Crippen LogP contribution is 2.04. The highest BCUT2D eigenvalue weighted by Gasteiger charge is 2.15. The minimum atomic E-state index is -0.759. The first kappa shape index (κ1) is 12.9. The third-order valence-corrected chi connectivity index (χ3v) is 1.31. The lowest BCUT2D eigenvalue weighted by atomic mass is 10.7. The largest absolute Gasteiger partial charge is 0.511 e. The molecule has 0 bridgehead atoms. The number of hydrogen-bond donors (Lipinski definition) is 0. The van der Waals surface area contributed by atoms with Gasteiger partial charge in [-0.3, -0.25) is 0 Å². The molecule has 0 amide bonds. The summed E-state index contributed by atoms with van der Waals surface area (Å²) in [4.78, 5) is 10.9. The van der Waals surface area contributed by atoms with Crippen LogP contribution < -0.4 is 0 Å². The molecule has 0 fully saturated rings. The molecule has 0 heterocycles. The van der Waals surface area contributed by atoms with Gasteiger partial charge in [0.05, 0.1) is 0 Å². The third-order valence-electron chi connectivity index (χ3n) is 1.05. The number of carbonyl (C=O) groups is 1. The second-order valence-corrected chi connectivity index (χ2v) is 3.90. The maximum absolute atomic E-state index is 10.9. The number of methoxy groups -OCH3 is 2. The van der Waals surface area contributed by atoms with Crippen LogP contribution in [-0.2, 0) is 18.9 Å². The van der Waals surface area contributed by atoms with E-state index in [2.05, 4.69) is 0 Å². The topological polar surface area (TPSA) is 54.0 Å². The average Bonchev–Trinajstić information content (AvgIpc) is 2.02. The van der Waals surface area contributed by atoms with Crippen molar-refractivity contribution in [2.45, 2.75) is 17.3 Å². The molecule has 0 N–H and O–H groups in total. The number of carbonyl (C=O) groups excluding carboxylic acids is 1. The van der Waals surface area contributed by atoms with Crippen LogP contribution in [0.2, 0.25) is 0 Å². The van der Waals surface area contributed by atoms with Gasteiger partial charge in [-0.05, 0) is 29.5 Å². The summed E-state index contributed by atoms with van der Waals surface area (Å²) in [6.07, 6.45) is -1.47. The Labute approximate surface area is 90.8 Å². The summed E-state index contributed by atoms with van der Waals surface area (Å²) in [5.41, 5.74) is 0. The molecule has 6 heteroatoms. The van der Waals surface area contributed by atoms with Crippen LogP contribution in [-0.4, -0.2) is 37.4 Å². The van der Waals surface area contributed by atoms with Crippen LogP contribution >= 0.6 is 22.6 Å². The summed E-state index contributed by atoms with van der Waals surface area (Å²) < 4.78 is 18.8. The maximum Gasteiger partial charge on any atom is 0.511 e. The number of alkyl halides is 1. The van der Waals surface area contributed by atoms with Gasteiger partial charge in [0.25, 0.3) is 0 Å². The SMILES string of the molecule is COCC(OC)OC(=O)OC(C)I. The molecule has 0 saturated carbocycles. The minimum absolute atomic E-state index is 0.182. The van der Waals surface area contributed by atoms with Crippen molar-refractivity contribution in [1.29, 1.82) is 0 Å². The summed E-state index contributed by atoms with van der Waals surface area (Å²) in [7, 11) is 2.91. The zero-order chi connectivity index (χ0) is 10.3. The first-order chi connectivity index (χ1) is 6.10. The Bertz CT molecular complexity index is 150. The first-order valence-corrected chi connectivity index (χ1v) is 4.87. The Balaban J connectivity index is 3.73. The van der Waals surface area contributed by atoms with E-state index in [0.29, 0.717) is 0 Å². The molecule has 0 aromatic heterocycles. The van der Waals surface area contributed by atoms with E-state index in [1.54, 1.807) is 6.92 Å². The van der Waals surface area contributed by atoms with Gasteiger partial charge in [0.1, 0.15) is 6.61 Å². The molecule has 0 radical (unpaired) electrons. The van der Waals surface area contributed by atoms with E-state index in [4.69, 9.17) is 18.9 Å². The third kappa shape index (κ3) is 7.03. The zero-order valence-electron chi connectivity index (χ0n) is 7.78. The molecular formula is C7H13IO5. The Kier molecular flexibility index (Phi) is 7.29. The molecule has 0 aliphatic heterocycles.